The topological polar surface area (TPSA) is 106 Å². The predicted octanol–water partition coefficient (Wildman–Crippen LogP) is 5.00. The molecule has 1 amide bonds. The highest BCUT2D eigenvalue weighted by atomic mass is 35.5. The summed E-state index contributed by atoms with van der Waals surface area (Å²) in [6.45, 7) is 5.83. The number of H-pyrrole nitrogens is 1. The zero-order valence-electron chi connectivity index (χ0n) is 19.3. The van der Waals surface area contributed by atoms with Crippen LogP contribution in [0.2, 0.25) is 5.02 Å². The van der Waals surface area contributed by atoms with E-state index in [1.807, 2.05) is 45.0 Å². The molecule has 0 fully saturated rings. The summed E-state index contributed by atoms with van der Waals surface area (Å²) in [4.78, 5) is 37.4. The summed E-state index contributed by atoms with van der Waals surface area (Å²) in [5.41, 5.74) is 3.64. The van der Waals surface area contributed by atoms with E-state index in [2.05, 4.69) is 20.4 Å². The van der Waals surface area contributed by atoms with Gasteiger partial charge in [-0.2, -0.15) is 9.78 Å². The summed E-state index contributed by atoms with van der Waals surface area (Å²) in [5.74, 6) is 0.706. The van der Waals surface area contributed by atoms with Crippen molar-refractivity contribution in [2.45, 2.75) is 20.8 Å². The molecule has 3 aromatic heterocycles. The second-order valence-corrected chi connectivity index (χ2v) is 8.72. The predicted molar refractivity (Wildman–Crippen MR) is 136 cm³/mol. The zero-order chi connectivity index (χ0) is 24.7. The van der Waals surface area contributed by atoms with Crippen LogP contribution >= 0.6 is 11.6 Å². The van der Waals surface area contributed by atoms with Crippen molar-refractivity contribution in [3.63, 3.8) is 0 Å². The number of amides is 1. The molecule has 5 rings (SSSR count). The van der Waals surface area contributed by atoms with Gasteiger partial charge in [-0.25, -0.2) is 9.97 Å². The first-order valence-corrected chi connectivity index (χ1v) is 11.3. The molecule has 0 bridgehead atoms. The number of nitrogens with zero attached hydrogens (tertiary/aromatic N) is 4. The Morgan fingerprint density at radius 1 is 1.03 bits per heavy atom. The zero-order valence-corrected chi connectivity index (χ0v) is 20.0. The van der Waals surface area contributed by atoms with Gasteiger partial charge in [-0.15, -0.1) is 0 Å². The van der Waals surface area contributed by atoms with Gasteiger partial charge in [0.15, 0.2) is 5.82 Å². The molecular formula is C26H21ClN6O2. The van der Waals surface area contributed by atoms with Crippen LogP contribution in [0.4, 0.5) is 5.82 Å². The molecule has 5 aromatic rings. The van der Waals surface area contributed by atoms with Gasteiger partial charge in [0, 0.05) is 28.2 Å². The van der Waals surface area contributed by atoms with Crippen LogP contribution in [0, 0.1) is 20.8 Å². The van der Waals surface area contributed by atoms with Crippen LogP contribution in [-0.4, -0.2) is 30.6 Å². The first-order valence-electron chi connectivity index (χ1n) is 10.9. The SMILES string of the molecule is Cc1cc(NC(=O)c2cnc(-c3ccc(Cl)cc3)[nH]c2=O)n(-c2cc(C)c3cccc(C)c3n2)n1. The minimum Gasteiger partial charge on any atom is -0.306 e. The van der Waals surface area contributed by atoms with Gasteiger partial charge >= 0.3 is 0 Å². The molecule has 0 aliphatic heterocycles. The lowest BCUT2D eigenvalue weighted by Crippen LogP contribution is -2.25. The van der Waals surface area contributed by atoms with Gasteiger partial charge in [0.05, 0.1) is 11.2 Å². The number of fused-ring (bicyclic) bond motifs is 1. The molecule has 35 heavy (non-hydrogen) atoms. The number of hydrogen-bond acceptors (Lipinski definition) is 5. The average molecular weight is 485 g/mol. The number of pyridine rings is 1. The van der Waals surface area contributed by atoms with E-state index >= 15 is 0 Å². The van der Waals surface area contributed by atoms with E-state index in [-0.39, 0.29) is 5.56 Å². The van der Waals surface area contributed by atoms with Crippen LogP contribution in [0.5, 0.6) is 0 Å². The monoisotopic (exact) mass is 484 g/mol. The Bertz CT molecular complexity index is 1650. The van der Waals surface area contributed by atoms with E-state index in [4.69, 9.17) is 16.6 Å². The van der Waals surface area contributed by atoms with E-state index < -0.39 is 11.5 Å². The van der Waals surface area contributed by atoms with Crippen molar-refractivity contribution in [1.29, 1.82) is 0 Å². The number of para-hydroxylation sites is 1. The number of aromatic amines is 1. The third-order valence-electron chi connectivity index (χ3n) is 5.69. The van der Waals surface area contributed by atoms with E-state index in [0.717, 1.165) is 22.0 Å². The Hall–Kier alpha value is -4.30. The Labute approximate surface area is 205 Å². The van der Waals surface area contributed by atoms with Gasteiger partial charge in [-0.05, 0) is 62.2 Å². The number of benzene rings is 2. The van der Waals surface area contributed by atoms with E-state index in [1.165, 1.54) is 6.20 Å². The van der Waals surface area contributed by atoms with Gasteiger partial charge in [0.2, 0.25) is 0 Å². The first kappa shape index (κ1) is 22.5. The first-order chi connectivity index (χ1) is 16.8. The van der Waals surface area contributed by atoms with Gasteiger partial charge in [0.25, 0.3) is 11.5 Å². The minimum absolute atomic E-state index is 0.119. The number of rotatable bonds is 4. The maximum Gasteiger partial charge on any atom is 0.264 e. The van der Waals surface area contributed by atoms with E-state index in [0.29, 0.717) is 33.7 Å². The normalized spacial score (nSPS) is 11.1. The Morgan fingerprint density at radius 2 is 1.80 bits per heavy atom. The largest absolute Gasteiger partial charge is 0.306 e. The lowest BCUT2D eigenvalue weighted by atomic mass is 10.1. The smallest absolute Gasteiger partial charge is 0.264 e. The number of halogens is 1. The molecule has 0 unspecified atom stereocenters. The molecule has 3 heterocycles. The number of anilines is 1. The van der Waals surface area contributed by atoms with Crippen molar-refractivity contribution in [1.82, 2.24) is 24.7 Å². The molecule has 0 saturated heterocycles. The molecule has 0 spiro atoms. The number of hydrogen-bond donors (Lipinski definition) is 2. The highest BCUT2D eigenvalue weighted by Gasteiger charge is 2.18. The highest BCUT2D eigenvalue weighted by molar-refractivity contribution is 6.30. The van der Waals surface area contributed by atoms with E-state index in [9.17, 15) is 9.59 Å². The summed E-state index contributed by atoms with van der Waals surface area (Å²) in [5, 5.41) is 8.93. The third kappa shape index (κ3) is 4.31. The van der Waals surface area contributed by atoms with E-state index in [1.54, 1.807) is 35.0 Å². The molecule has 0 saturated carbocycles. The lowest BCUT2D eigenvalue weighted by molar-refractivity contribution is 0.102. The van der Waals surface area contributed by atoms with Gasteiger partial charge in [-0.3, -0.25) is 9.59 Å². The van der Waals surface area contributed by atoms with Gasteiger partial charge < -0.3 is 10.3 Å². The standard InChI is InChI=1S/C26H21ClN6O2/c1-14-5-4-6-19-15(2)11-21(29-23(14)19)33-22(12-16(3)32-33)30-25(34)20-13-28-24(31-26(20)35)17-7-9-18(27)10-8-17/h4-13H,1-3H3,(H,30,34)(H,28,31,35). The molecule has 9 heteroatoms. The van der Waals surface area contributed by atoms with Crippen molar-refractivity contribution in [2.24, 2.45) is 0 Å². The summed E-state index contributed by atoms with van der Waals surface area (Å²) in [7, 11) is 0. The molecule has 2 aromatic carbocycles. The quantitative estimate of drug-likeness (QED) is 0.373. The molecule has 0 aliphatic rings. The van der Waals surface area contributed by atoms with Crippen LogP contribution in [0.1, 0.15) is 27.2 Å². The summed E-state index contributed by atoms with van der Waals surface area (Å²) in [6.07, 6.45) is 1.26. The minimum atomic E-state index is -0.601. The molecule has 0 aliphatic carbocycles. The molecule has 2 N–H and O–H groups in total. The fraction of sp³-hybridized carbons (Fsp3) is 0.115. The van der Waals surface area contributed by atoms with Crippen molar-refractivity contribution in [3.05, 3.63) is 98.6 Å². The van der Waals surface area contributed by atoms with Crippen LogP contribution in [0.25, 0.3) is 28.1 Å². The fourth-order valence-corrected chi connectivity index (χ4v) is 4.04. The molecule has 8 nitrogen and oxygen atoms in total. The number of nitrogens with one attached hydrogen (secondary N) is 2. The number of aromatic nitrogens is 5. The average Bonchev–Trinajstić information content (AvgIpc) is 3.19. The van der Waals surface area contributed by atoms with Crippen LogP contribution < -0.4 is 10.9 Å². The summed E-state index contributed by atoms with van der Waals surface area (Å²) >= 11 is 5.92. The molecule has 0 radical (unpaired) electrons. The number of aryl methyl sites for hydroxylation is 3. The Kier molecular flexibility index (Phi) is 5.66. The summed E-state index contributed by atoms with van der Waals surface area (Å²) in [6, 6.07) is 16.5. The summed E-state index contributed by atoms with van der Waals surface area (Å²) < 4.78 is 1.57. The second-order valence-electron chi connectivity index (χ2n) is 8.29. The second kappa shape index (κ2) is 8.81. The van der Waals surface area contributed by atoms with Gasteiger partial charge in [-0.1, -0.05) is 29.8 Å². The maximum atomic E-state index is 13.0. The van der Waals surface area contributed by atoms with Crippen LogP contribution in [-0.2, 0) is 0 Å². The maximum absolute atomic E-state index is 13.0. The fourth-order valence-electron chi connectivity index (χ4n) is 3.91. The van der Waals surface area contributed by atoms with Crippen molar-refractivity contribution in [3.8, 4) is 17.2 Å². The van der Waals surface area contributed by atoms with Gasteiger partial charge in [0.1, 0.15) is 17.2 Å². The Morgan fingerprint density at radius 3 is 2.54 bits per heavy atom. The molecule has 0 atom stereocenters. The third-order valence-corrected chi connectivity index (χ3v) is 5.94. The number of carbonyl (C=O) groups is 1. The highest BCUT2D eigenvalue weighted by Crippen LogP contribution is 2.25. The number of carbonyl (C=O) groups excluding carboxylic acids is 1. The van der Waals surface area contributed by atoms with Crippen molar-refractivity contribution >= 4 is 34.2 Å². The van der Waals surface area contributed by atoms with Crippen LogP contribution in [0.15, 0.2) is 65.6 Å². The Balaban J connectivity index is 1.48. The lowest BCUT2D eigenvalue weighted by Gasteiger charge is -2.11. The molecular weight excluding hydrogens is 464 g/mol. The van der Waals surface area contributed by atoms with Crippen molar-refractivity contribution in [2.75, 3.05) is 5.32 Å². The van der Waals surface area contributed by atoms with Crippen molar-refractivity contribution < 1.29 is 4.79 Å². The van der Waals surface area contributed by atoms with Crippen LogP contribution in [0.3, 0.4) is 0 Å². The molecule has 174 valence electrons.